The van der Waals surface area contributed by atoms with E-state index in [4.69, 9.17) is 8.83 Å². The van der Waals surface area contributed by atoms with Crippen LogP contribution in [0.25, 0.3) is 132 Å². The molecule has 4 aliphatic rings. The molecule has 2 nitrogen and oxygen atoms in total. The van der Waals surface area contributed by atoms with E-state index in [9.17, 15) is 0 Å². The van der Waals surface area contributed by atoms with E-state index in [0.29, 0.717) is 0 Å². The summed E-state index contributed by atoms with van der Waals surface area (Å²) in [6, 6.07) is 68.9. The Labute approximate surface area is 442 Å². The minimum absolute atomic E-state index is 0.164. The number of fused-ring (bicyclic) bond motifs is 24. The van der Waals surface area contributed by atoms with E-state index in [2.05, 4.69) is 237 Å². The van der Waals surface area contributed by atoms with Crippen LogP contribution in [0.2, 0.25) is 0 Å². The summed E-state index contributed by atoms with van der Waals surface area (Å²) in [5.41, 5.74) is 28.8. The molecular weight excluding hydrogens is 921 g/mol. The molecule has 0 atom stereocenters. The monoisotopic (exact) mass is 974 g/mol. The van der Waals surface area contributed by atoms with Gasteiger partial charge in [-0.2, -0.15) is 0 Å². The van der Waals surface area contributed by atoms with E-state index in [0.717, 1.165) is 33.1 Å². The quantitative estimate of drug-likeness (QED) is 0.173. The van der Waals surface area contributed by atoms with Crippen molar-refractivity contribution in [2.45, 2.75) is 77.0 Å². The predicted molar refractivity (Wildman–Crippen MR) is 317 cm³/mol. The molecule has 2 heteroatoms. The molecular formula is C74H54O2. The summed E-state index contributed by atoms with van der Waals surface area (Å²) in [5, 5.41) is 9.79. The third kappa shape index (κ3) is 5.01. The maximum Gasteiger partial charge on any atom is 0.144 e. The van der Waals surface area contributed by atoms with E-state index in [1.54, 1.807) is 0 Å². The molecule has 17 rings (SSSR count). The Morgan fingerprint density at radius 3 is 0.961 bits per heavy atom. The van der Waals surface area contributed by atoms with Gasteiger partial charge in [-0.05, 0) is 170 Å². The van der Waals surface area contributed by atoms with Gasteiger partial charge < -0.3 is 8.83 Å². The fraction of sp³-hybridized carbons (Fsp3) is 0.162. The second-order valence-corrected chi connectivity index (χ2v) is 24.6. The van der Waals surface area contributed by atoms with Crippen LogP contribution in [0.3, 0.4) is 0 Å². The Morgan fingerprint density at radius 2 is 0.539 bits per heavy atom. The zero-order valence-electron chi connectivity index (χ0n) is 44.1. The van der Waals surface area contributed by atoms with Gasteiger partial charge in [-0.3, -0.25) is 0 Å². The van der Waals surface area contributed by atoms with Gasteiger partial charge in [0.05, 0.1) is 0 Å². The Bertz CT molecular complexity index is 4560. The molecule has 76 heavy (non-hydrogen) atoms. The molecule has 0 spiro atoms. The van der Waals surface area contributed by atoms with Gasteiger partial charge in [-0.1, -0.05) is 189 Å². The summed E-state index contributed by atoms with van der Waals surface area (Å²) in [5.74, 6) is 0. The maximum absolute atomic E-state index is 7.28. The second kappa shape index (κ2) is 13.9. The van der Waals surface area contributed by atoms with Gasteiger partial charge in [0.25, 0.3) is 0 Å². The van der Waals surface area contributed by atoms with E-state index in [1.165, 1.54) is 144 Å². The van der Waals surface area contributed by atoms with Crippen molar-refractivity contribution in [3.05, 3.63) is 226 Å². The number of rotatable bonds is 2. The number of benzene rings is 11. The largest absolute Gasteiger partial charge is 0.455 e. The van der Waals surface area contributed by atoms with Gasteiger partial charge in [-0.15, -0.1) is 0 Å². The Balaban J connectivity index is 0.922. The van der Waals surface area contributed by atoms with Gasteiger partial charge in [0.1, 0.15) is 22.3 Å². The number of furan rings is 2. The van der Waals surface area contributed by atoms with Crippen LogP contribution in [0, 0.1) is 0 Å². The van der Waals surface area contributed by atoms with Crippen LogP contribution < -0.4 is 0 Å². The molecule has 2 heterocycles. The van der Waals surface area contributed by atoms with E-state index in [1.807, 2.05) is 0 Å². The minimum Gasteiger partial charge on any atom is -0.455 e. The van der Waals surface area contributed by atoms with Crippen LogP contribution in [0.4, 0.5) is 0 Å². The Hall–Kier alpha value is -8.46. The molecule has 13 aromatic rings. The minimum atomic E-state index is -0.364. The molecule has 0 saturated carbocycles. The third-order valence-corrected chi connectivity index (χ3v) is 19.4. The highest BCUT2D eigenvalue weighted by molar-refractivity contribution is 6.24. The zero-order chi connectivity index (χ0) is 51.1. The van der Waals surface area contributed by atoms with Crippen LogP contribution in [0.1, 0.15) is 99.9 Å². The highest BCUT2D eigenvalue weighted by atomic mass is 16.3. The Kier molecular flexibility index (Phi) is 7.82. The summed E-state index contributed by atoms with van der Waals surface area (Å²) >= 11 is 0. The normalized spacial score (nSPS) is 16.3. The van der Waals surface area contributed by atoms with Crippen LogP contribution in [-0.4, -0.2) is 0 Å². The lowest BCUT2D eigenvalue weighted by atomic mass is 9.77. The van der Waals surface area contributed by atoms with Crippen molar-refractivity contribution in [3.8, 4) is 66.8 Å². The molecule has 0 N–H and O–H groups in total. The topological polar surface area (TPSA) is 26.3 Å². The van der Waals surface area contributed by atoms with Crippen LogP contribution in [-0.2, 0) is 21.7 Å². The molecule has 0 saturated heterocycles. The molecule has 0 bridgehead atoms. The Morgan fingerprint density at radius 1 is 0.237 bits per heavy atom. The van der Waals surface area contributed by atoms with Crippen molar-refractivity contribution in [2.24, 2.45) is 0 Å². The summed E-state index contributed by atoms with van der Waals surface area (Å²) in [7, 11) is 0. The highest BCUT2D eigenvalue weighted by Gasteiger charge is 2.46. The molecule has 0 unspecified atom stereocenters. The maximum atomic E-state index is 7.28. The van der Waals surface area contributed by atoms with E-state index >= 15 is 0 Å². The lowest BCUT2D eigenvalue weighted by molar-refractivity contribution is 0.648. The molecule has 11 aromatic carbocycles. The predicted octanol–water partition coefficient (Wildman–Crippen LogP) is 20.4. The smallest absolute Gasteiger partial charge is 0.144 e. The molecule has 0 amide bonds. The van der Waals surface area contributed by atoms with E-state index in [-0.39, 0.29) is 21.7 Å². The first kappa shape index (κ1) is 42.8. The summed E-state index contributed by atoms with van der Waals surface area (Å²) in [6.07, 6.45) is 0. The van der Waals surface area contributed by atoms with Gasteiger partial charge in [0.15, 0.2) is 0 Å². The van der Waals surface area contributed by atoms with Gasteiger partial charge >= 0.3 is 0 Å². The molecule has 362 valence electrons. The molecule has 4 aliphatic carbocycles. The van der Waals surface area contributed by atoms with Gasteiger partial charge in [0.2, 0.25) is 0 Å². The van der Waals surface area contributed by atoms with Gasteiger partial charge in [0, 0.05) is 54.3 Å². The van der Waals surface area contributed by atoms with Crippen molar-refractivity contribution < 1.29 is 8.83 Å². The molecule has 0 fully saturated rings. The molecule has 2 aromatic heterocycles. The van der Waals surface area contributed by atoms with Crippen LogP contribution in [0.15, 0.2) is 191 Å². The van der Waals surface area contributed by atoms with Gasteiger partial charge in [-0.25, -0.2) is 0 Å². The van der Waals surface area contributed by atoms with Crippen LogP contribution >= 0.6 is 0 Å². The first-order valence-electron chi connectivity index (χ1n) is 27.2. The van der Waals surface area contributed by atoms with Crippen molar-refractivity contribution >= 4 is 65.4 Å². The number of para-hydroxylation sites is 2. The average Bonchev–Trinajstić information content (AvgIpc) is 4.38. The SMILES string of the molecule is CC1(C)c2ccccc2-c2c1cc(-c1cc3c(c4oc5ccccc5c14)-c1cc4c(cc1C3(C)C)-c1c(cc(-c3cc5c(c6ccccc36)-c3ccccc3C5(C)C)c3c1oc1ccccc13)C4(C)C)c1ccccc21. The van der Waals surface area contributed by atoms with Crippen LogP contribution in [0.5, 0.6) is 0 Å². The summed E-state index contributed by atoms with van der Waals surface area (Å²) < 4.78 is 14.6. The van der Waals surface area contributed by atoms with Crippen molar-refractivity contribution in [1.82, 2.24) is 0 Å². The lowest BCUT2D eigenvalue weighted by Gasteiger charge is -2.25. The van der Waals surface area contributed by atoms with Crippen molar-refractivity contribution in [3.63, 3.8) is 0 Å². The average molecular weight is 975 g/mol. The standard InChI is InChI=1S/C74H54O2/c1-71(2)53-29-17-13-25-43(53)63-41-23-11-9-21-39(41)47(33-57(63)71)49-35-59-67(69-65(49)45-27-15-19-31-61(45)75-69)51-37-56-52(38-55(51)73(59,5)6)68-60(74(56,7)8)36-50(66-46-28-16-20-32-62(46)76-70(66)68)48-34-58-64(42-24-12-10-22-40(42)48)44-26-14-18-30-54(44)72(58,3)4/h9-38H,1-8H3. The fourth-order valence-corrected chi connectivity index (χ4v) is 15.6. The summed E-state index contributed by atoms with van der Waals surface area (Å²) in [6.45, 7) is 19.3. The lowest BCUT2D eigenvalue weighted by Crippen LogP contribution is -2.17. The highest BCUT2D eigenvalue weighted by Crippen LogP contribution is 2.63. The number of hydrogen-bond acceptors (Lipinski definition) is 2. The van der Waals surface area contributed by atoms with E-state index < -0.39 is 0 Å². The third-order valence-electron chi connectivity index (χ3n) is 19.4. The number of hydrogen-bond donors (Lipinski definition) is 0. The summed E-state index contributed by atoms with van der Waals surface area (Å²) in [4.78, 5) is 0. The molecule has 0 aliphatic heterocycles. The van der Waals surface area contributed by atoms with Crippen molar-refractivity contribution in [1.29, 1.82) is 0 Å². The fourth-order valence-electron chi connectivity index (χ4n) is 15.6. The first-order valence-corrected chi connectivity index (χ1v) is 27.2. The second-order valence-electron chi connectivity index (χ2n) is 24.6. The zero-order valence-corrected chi connectivity index (χ0v) is 44.1. The first-order chi connectivity index (χ1) is 36.7. The van der Waals surface area contributed by atoms with Crippen molar-refractivity contribution in [2.75, 3.05) is 0 Å². The molecule has 0 radical (unpaired) electrons.